The van der Waals surface area contributed by atoms with Crippen molar-refractivity contribution in [3.8, 4) is 0 Å². The zero-order chi connectivity index (χ0) is 10.9. The molecule has 7 heteroatoms. The predicted octanol–water partition coefficient (Wildman–Crippen LogP) is -0.598. The summed E-state index contributed by atoms with van der Waals surface area (Å²) in [7, 11) is -3.74. The quantitative estimate of drug-likeness (QED) is 0.710. The fourth-order valence-corrected chi connectivity index (χ4v) is 2.22. The molecule has 15 heavy (non-hydrogen) atoms. The van der Waals surface area contributed by atoms with Gasteiger partial charge in [0.05, 0.1) is 5.69 Å². The number of piperidine rings is 1. The van der Waals surface area contributed by atoms with Crippen molar-refractivity contribution in [2.45, 2.75) is 18.8 Å². The minimum Gasteiger partial charge on any atom is -0.316 e. The summed E-state index contributed by atoms with van der Waals surface area (Å²) < 4.78 is 22.8. The Morgan fingerprint density at radius 1 is 1.60 bits per heavy atom. The van der Waals surface area contributed by atoms with Crippen molar-refractivity contribution in [3.05, 3.63) is 18.0 Å². The molecular formula is C8H14N4O2S. The van der Waals surface area contributed by atoms with Crippen molar-refractivity contribution in [2.24, 2.45) is 5.14 Å². The van der Waals surface area contributed by atoms with Crippen LogP contribution < -0.4 is 10.5 Å². The number of aromatic nitrogens is 2. The normalized spacial score (nSPS) is 22.9. The summed E-state index contributed by atoms with van der Waals surface area (Å²) in [5.41, 5.74) is 0.788. The third kappa shape index (κ3) is 2.36. The van der Waals surface area contributed by atoms with E-state index in [0.29, 0.717) is 5.92 Å². The van der Waals surface area contributed by atoms with Gasteiger partial charge in [-0.3, -0.25) is 0 Å². The van der Waals surface area contributed by atoms with E-state index in [9.17, 15) is 8.42 Å². The molecule has 1 fully saturated rings. The standard InChI is InChI=1S/C8H14N4O2S/c9-15(13,14)12-5-3-8(11-12)7-2-1-4-10-6-7/h3,5,7,10H,1-2,4,6H2,(H2,9,13,14). The van der Waals surface area contributed by atoms with Crippen LogP contribution in [0.25, 0.3) is 0 Å². The topological polar surface area (TPSA) is 90.0 Å². The fourth-order valence-electron chi connectivity index (χ4n) is 1.78. The van der Waals surface area contributed by atoms with Gasteiger partial charge in [-0.2, -0.15) is 17.6 Å². The van der Waals surface area contributed by atoms with Gasteiger partial charge in [-0.15, -0.1) is 0 Å². The predicted molar refractivity (Wildman–Crippen MR) is 55.6 cm³/mol. The SMILES string of the molecule is NS(=O)(=O)n1ccc(C2CCCNC2)n1. The van der Waals surface area contributed by atoms with Crippen LogP contribution in [-0.2, 0) is 10.2 Å². The smallest absolute Gasteiger partial charge is 0.316 e. The molecule has 84 valence electrons. The van der Waals surface area contributed by atoms with E-state index in [1.54, 1.807) is 6.07 Å². The van der Waals surface area contributed by atoms with Crippen molar-refractivity contribution in [3.63, 3.8) is 0 Å². The van der Waals surface area contributed by atoms with Crippen LogP contribution in [0.15, 0.2) is 12.3 Å². The Kier molecular flexibility index (Phi) is 2.76. The molecule has 0 radical (unpaired) electrons. The van der Waals surface area contributed by atoms with E-state index in [4.69, 9.17) is 5.14 Å². The van der Waals surface area contributed by atoms with Crippen molar-refractivity contribution in [1.82, 2.24) is 14.5 Å². The maximum Gasteiger partial charge on any atom is 0.317 e. The van der Waals surface area contributed by atoms with Crippen molar-refractivity contribution in [2.75, 3.05) is 13.1 Å². The third-order valence-electron chi connectivity index (χ3n) is 2.56. The first-order chi connectivity index (χ1) is 7.07. The van der Waals surface area contributed by atoms with Crippen molar-refractivity contribution < 1.29 is 8.42 Å². The highest BCUT2D eigenvalue weighted by atomic mass is 32.2. The lowest BCUT2D eigenvalue weighted by Gasteiger charge is -2.20. The van der Waals surface area contributed by atoms with Gasteiger partial charge in [0.25, 0.3) is 0 Å². The monoisotopic (exact) mass is 230 g/mol. The molecule has 0 bridgehead atoms. The highest BCUT2D eigenvalue weighted by Crippen LogP contribution is 2.21. The molecule has 1 saturated heterocycles. The molecule has 2 heterocycles. The summed E-state index contributed by atoms with van der Waals surface area (Å²) in [6.45, 7) is 1.87. The van der Waals surface area contributed by atoms with E-state index in [-0.39, 0.29) is 0 Å². The second kappa shape index (κ2) is 3.92. The number of rotatable bonds is 2. The summed E-state index contributed by atoms with van der Waals surface area (Å²) in [4.78, 5) is 0. The molecule has 6 nitrogen and oxygen atoms in total. The van der Waals surface area contributed by atoms with Gasteiger partial charge < -0.3 is 5.32 Å². The number of hydrogen-bond donors (Lipinski definition) is 2. The van der Waals surface area contributed by atoms with Crippen LogP contribution in [-0.4, -0.2) is 30.7 Å². The minimum absolute atomic E-state index is 0.293. The van der Waals surface area contributed by atoms with Crippen LogP contribution in [0.2, 0.25) is 0 Å². The molecular weight excluding hydrogens is 216 g/mol. The first-order valence-electron chi connectivity index (χ1n) is 4.87. The number of nitrogens with zero attached hydrogens (tertiary/aromatic N) is 2. The van der Waals surface area contributed by atoms with Crippen LogP contribution in [0, 0.1) is 0 Å². The van der Waals surface area contributed by atoms with Crippen LogP contribution in [0.1, 0.15) is 24.5 Å². The second-order valence-electron chi connectivity index (χ2n) is 3.70. The van der Waals surface area contributed by atoms with Gasteiger partial charge in [0.1, 0.15) is 0 Å². The van der Waals surface area contributed by atoms with E-state index >= 15 is 0 Å². The average molecular weight is 230 g/mol. The van der Waals surface area contributed by atoms with Crippen molar-refractivity contribution in [1.29, 1.82) is 0 Å². The average Bonchev–Trinajstić information content (AvgIpc) is 2.67. The molecule has 2 rings (SSSR count). The summed E-state index contributed by atoms with van der Waals surface area (Å²) in [5.74, 6) is 0.293. The first kappa shape index (κ1) is 10.6. The fraction of sp³-hybridized carbons (Fsp3) is 0.625. The molecule has 1 aliphatic heterocycles. The molecule has 0 saturated carbocycles. The highest BCUT2D eigenvalue weighted by Gasteiger charge is 2.19. The summed E-state index contributed by atoms with van der Waals surface area (Å²) >= 11 is 0. The van der Waals surface area contributed by atoms with E-state index in [0.717, 1.165) is 35.7 Å². The van der Waals surface area contributed by atoms with Crippen molar-refractivity contribution >= 4 is 10.2 Å². The van der Waals surface area contributed by atoms with Gasteiger partial charge in [-0.05, 0) is 25.5 Å². The Labute approximate surface area is 88.6 Å². The lowest BCUT2D eigenvalue weighted by molar-refractivity contribution is 0.453. The van der Waals surface area contributed by atoms with Gasteiger partial charge in [-0.1, -0.05) is 0 Å². The number of nitrogens with one attached hydrogen (secondary N) is 1. The van der Waals surface area contributed by atoms with Crippen LogP contribution in [0.3, 0.4) is 0 Å². The molecule has 0 aromatic carbocycles. The third-order valence-corrected chi connectivity index (χ3v) is 3.29. The van der Waals surface area contributed by atoms with Gasteiger partial charge in [0.15, 0.2) is 0 Å². The Bertz CT molecular complexity index is 433. The van der Waals surface area contributed by atoms with E-state index in [2.05, 4.69) is 10.4 Å². The zero-order valence-corrected chi connectivity index (χ0v) is 9.07. The number of nitrogens with two attached hydrogens (primary N) is 1. The summed E-state index contributed by atoms with van der Waals surface area (Å²) in [5, 5.41) is 12.2. The summed E-state index contributed by atoms with van der Waals surface area (Å²) in [6.07, 6.45) is 3.51. The minimum atomic E-state index is -3.74. The Morgan fingerprint density at radius 2 is 2.40 bits per heavy atom. The molecule has 1 unspecified atom stereocenters. The molecule has 0 aliphatic carbocycles. The van der Waals surface area contributed by atoms with Gasteiger partial charge in [0, 0.05) is 18.7 Å². The van der Waals surface area contributed by atoms with E-state index < -0.39 is 10.2 Å². The molecule has 1 aromatic rings. The summed E-state index contributed by atoms with van der Waals surface area (Å²) in [6, 6.07) is 1.71. The molecule has 1 atom stereocenters. The highest BCUT2D eigenvalue weighted by molar-refractivity contribution is 7.87. The van der Waals surface area contributed by atoms with Crippen LogP contribution in [0.5, 0.6) is 0 Å². The molecule has 0 amide bonds. The van der Waals surface area contributed by atoms with Gasteiger partial charge in [0.2, 0.25) is 0 Å². The Morgan fingerprint density at radius 3 is 2.93 bits per heavy atom. The van der Waals surface area contributed by atoms with E-state index in [1.807, 2.05) is 0 Å². The molecule has 0 spiro atoms. The molecule has 3 N–H and O–H groups in total. The van der Waals surface area contributed by atoms with Crippen LogP contribution in [0.4, 0.5) is 0 Å². The van der Waals surface area contributed by atoms with E-state index in [1.165, 1.54) is 6.20 Å². The lowest BCUT2D eigenvalue weighted by atomic mass is 9.97. The maximum atomic E-state index is 11.0. The maximum absolute atomic E-state index is 11.0. The molecule has 1 aromatic heterocycles. The van der Waals surface area contributed by atoms with Gasteiger partial charge >= 0.3 is 10.2 Å². The van der Waals surface area contributed by atoms with Gasteiger partial charge in [-0.25, -0.2) is 5.14 Å². The first-order valence-corrected chi connectivity index (χ1v) is 6.37. The Balaban J connectivity index is 2.19. The van der Waals surface area contributed by atoms with Crippen LogP contribution >= 0.6 is 0 Å². The lowest BCUT2D eigenvalue weighted by Crippen LogP contribution is -2.29. The molecule has 1 aliphatic rings. The number of hydrogen-bond acceptors (Lipinski definition) is 4. The largest absolute Gasteiger partial charge is 0.317 e. The zero-order valence-electron chi connectivity index (χ0n) is 8.26. The second-order valence-corrected chi connectivity index (χ2v) is 5.11. The Hall–Kier alpha value is -0.920.